The molecule has 8 heteroatoms. The predicted molar refractivity (Wildman–Crippen MR) is 313 cm³/mol. The van der Waals surface area contributed by atoms with Gasteiger partial charge in [-0.3, -0.25) is 0 Å². The number of rotatable bonds is 18. The van der Waals surface area contributed by atoms with Crippen LogP contribution in [0.5, 0.6) is 23.0 Å². The lowest BCUT2D eigenvalue weighted by molar-refractivity contribution is 0.304. The van der Waals surface area contributed by atoms with Gasteiger partial charge in [0.25, 0.3) is 0 Å². The fraction of sp³-hybridized carbons (Fsp3) is 0.250. The lowest BCUT2D eigenvalue weighted by Gasteiger charge is -2.27. The second-order valence-corrected chi connectivity index (χ2v) is 24.7. The first kappa shape index (κ1) is 51.7. The summed E-state index contributed by atoms with van der Waals surface area (Å²) in [6.45, 7) is 11.1. The average molecular weight is 1120 g/mol. The molecule has 0 amide bonds. The quantitative estimate of drug-likeness (QED) is 0.0803. The Bertz CT molecular complexity index is 2670. The van der Waals surface area contributed by atoms with Gasteiger partial charge >= 0.3 is 0 Å². The SMILES string of the molecule is CCCOc1c2cc(Br)cc1Cc1cc(P(c3ccccc3)c3ccccc3)cc(c1OCCC)Cc1cc(Br)cc(c1OCCC)Cc1cc(P(c3ccccc3)c3ccccc3)cc(c1OCCC)C2. The zero-order valence-corrected chi connectivity index (χ0v) is 46.9. The van der Waals surface area contributed by atoms with Crippen molar-refractivity contribution in [2.24, 2.45) is 0 Å². The minimum Gasteiger partial charge on any atom is -0.493 e. The highest BCUT2D eigenvalue weighted by Crippen LogP contribution is 2.44. The molecule has 0 saturated carbocycles. The fourth-order valence-corrected chi connectivity index (χ4v) is 15.7. The van der Waals surface area contributed by atoms with Crippen molar-refractivity contribution in [3.63, 3.8) is 0 Å². The van der Waals surface area contributed by atoms with Gasteiger partial charge in [0.1, 0.15) is 23.0 Å². The molecule has 8 aromatic rings. The maximum atomic E-state index is 7.04. The van der Waals surface area contributed by atoms with Crippen LogP contribution in [0.25, 0.3) is 0 Å². The molecule has 0 heterocycles. The van der Waals surface area contributed by atoms with Crippen LogP contribution in [-0.2, 0) is 25.7 Å². The van der Waals surface area contributed by atoms with Gasteiger partial charge in [0.15, 0.2) is 0 Å². The number of hydrogen-bond donors (Lipinski definition) is 0. The summed E-state index contributed by atoms with van der Waals surface area (Å²) in [7, 11) is -1.88. The van der Waals surface area contributed by atoms with E-state index in [1.54, 1.807) is 0 Å². The number of halogens is 2. The van der Waals surface area contributed by atoms with Crippen LogP contribution in [0.1, 0.15) is 97.9 Å². The van der Waals surface area contributed by atoms with Gasteiger partial charge in [-0.15, -0.1) is 0 Å². The zero-order valence-electron chi connectivity index (χ0n) is 41.9. The van der Waals surface area contributed by atoms with Crippen LogP contribution >= 0.6 is 47.7 Å². The van der Waals surface area contributed by atoms with Crippen LogP contribution < -0.4 is 50.8 Å². The van der Waals surface area contributed by atoms with Crippen molar-refractivity contribution in [2.45, 2.75) is 79.1 Å². The van der Waals surface area contributed by atoms with Crippen molar-refractivity contribution >= 4 is 79.5 Å². The van der Waals surface area contributed by atoms with Crippen molar-refractivity contribution in [1.29, 1.82) is 0 Å². The molecule has 8 bridgehead atoms. The summed E-state index contributed by atoms with van der Waals surface area (Å²) in [4.78, 5) is 0. The molecule has 0 unspecified atom stereocenters. The van der Waals surface area contributed by atoms with E-state index < -0.39 is 15.8 Å². The molecule has 0 aliphatic heterocycles. The molecule has 1 aliphatic rings. The number of hydrogen-bond acceptors (Lipinski definition) is 4. The van der Waals surface area contributed by atoms with Gasteiger partial charge in [-0.05, 0) is 144 Å². The van der Waals surface area contributed by atoms with Gasteiger partial charge < -0.3 is 18.9 Å². The number of ether oxygens (including phenoxy) is 4. The third-order valence-electron chi connectivity index (χ3n) is 12.8. The van der Waals surface area contributed by atoms with Crippen LogP contribution in [0.3, 0.4) is 0 Å². The van der Waals surface area contributed by atoms with Gasteiger partial charge in [0, 0.05) is 56.9 Å². The van der Waals surface area contributed by atoms with Gasteiger partial charge in [-0.25, -0.2) is 0 Å². The minimum atomic E-state index is -0.941. The van der Waals surface area contributed by atoms with Crippen LogP contribution in [0, 0.1) is 0 Å². The Labute approximate surface area is 447 Å². The molecule has 368 valence electrons. The first-order valence-corrected chi connectivity index (χ1v) is 29.9. The largest absolute Gasteiger partial charge is 0.493 e. The van der Waals surface area contributed by atoms with E-state index in [0.717, 1.165) is 102 Å². The average Bonchev–Trinajstić information content (AvgIpc) is 3.39. The summed E-state index contributed by atoms with van der Waals surface area (Å²) in [6.07, 6.45) is 5.98. The summed E-state index contributed by atoms with van der Waals surface area (Å²) in [6, 6.07) is 62.9. The second-order valence-electron chi connectivity index (χ2n) is 18.4. The van der Waals surface area contributed by atoms with Gasteiger partial charge in [-0.2, -0.15) is 0 Å². The van der Waals surface area contributed by atoms with E-state index in [1.807, 2.05) is 0 Å². The summed E-state index contributed by atoms with van der Waals surface area (Å²) >= 11 is 8.11. The van der Waals surface area contributed by atoms with Gasteiger partial charge in [0.2, 0.25) is 0 Å². The van der Waals surface area contributed by atoms with Gasteiger partial charge in [-0.1, -0.05) is 181 Å². The molecule has 0 radical (unpaired) electrons. The van der Waals surface area contributed by atoms with Crippen molar-refractivity contribution in [2.75, 3.05) is 26.4 Å². The van der Waals surface area contributed by atoms with Crippen molar-refractivity contribution in [1.82, 2.24) is 0 Å². The molecular formula is C64H64Br2O4P2. The first-order valence-electron chi connectivity index (χ1n) is 25.6. The molecule has 0 spiro atoms. The smallest absolute Gasteiger partial charge is 0.126 e. The van der Waals surface area contributed by atoms with Crippen LogP contribution in [-0.4, -0.2) is 26.4 Å². The number of fused-ring (bicyclic) bond motifs is 8. The van der Waals surface area contributed by atoms with Crippen LogP contribution in [0.2, 0.25) is 0 Å². The third kappa shape index (κ3) is 12.2. The highest BCUT2D eigenvalue weighted by molar-refractivity contribution is 9.10. The van der Waals surface area contributed by atoms with Crippen LogP contribution in [0.4, 0.5) is 0 Å². The summed E-state index contributed by atoms with van der Waals surface area (Å²) in [5.74, 6) is 3.74. The van der Waals surface area contributed by atoms with Crippen molar-refractivity contribution in [3.05, 3.63) is 223 Å². The Morgan fingerprint density at radius 1 is 0.306 bits per heavy atom. The Kier molecular flexibility index (Phi) is 18.0. The molecule has 0 saturated heterocycles. The molecule has 0 fully saturated rings. The highest BCUT2D eigenvalue weighted by Gasteiger charge is 2.28. The topological polar surface area (TPSA) is 36.9 Å². The molecule has 1 aliphatic carbocycles. The Morgan fingerprint density at radius 2 is 0.514 bits per heavy atom. The molecular weight excluding hydrogens is 1050 g/mol. The van der Waals surface area contributed by atoms with Gasteiger partial charge in [0.05, 0.1) is 26.4 Å². The highest BCUT2D eigenvalue weighted by atomic mass is 79.9. The summed E-state index contributed by atoms with van der Waals surface area (Å²) in [5, 5.41) is 7.78. The molecule has 8 aromatic carbocycles. The van der Waals surface area contributed by atoms with E-state index in [4.69, 9.17) is 18.9 Å². The summed E-state index contributed by atoms with van der Waals surface area (Å²) in [5.41, 5.74) is 9.05. The fourth-order valence-electron chi connectivity index (χ4n) is 9.79. The molecule has 0 atom stereocenters. The normalized spacial score (nSPS) is 12.2. The Balaban J connectivity index is 1.36. The van der Waals surface area contributed by atoms with E-state index in [1.165, 1.54) is 31.8 Å². The minimum absolute atomic E-state index is 0.598. The third-order valence-corrected chi connectivity index (χ3v) is 18.5. The van der Waals surface area contributed by atoms with Crippen molar-refractivity contribution in [3.8, 4) is 23.0 Å². The number of benzene rings is 8. The monoisotopic (exact) mass is 1120 g/mol. The first-order chi connectivity index (χ1) is 35.3. The Hall–Kier alpha value is -5.22. The standard InChI is InChI=1S/C64H64Br2O4P2/c1-5-29-67-61-45-33-49-41-59(71(55-21-13-9-14-22-55)56-23-15-10-16-24-56)43-51(63(49)69-31-7-3)35-47-39-54(66)40-48(62(47)68-30-6-2)36-52-44-60(72(57-25-17-11-18-26-57)58-27-19-12-20-28-58)42-50(64(52)70-32-8-4)34-46(61)38-53(65)37-45/h9-28,37-44H,5-8,29-36H2,1-4H3. The maximum Gasteiger partial charge on any atom is 0.126 e. The maximum absolute atomic E-state index is 7.04. The lowest BCUT2D eigenvalue weighted by atomic mass is 9.91. The van der Waals surface area contributed by atoms with Crippen LogP contribution in [0.15, 0.2) is 179 Å². The molecule has 4 nitrogen and oxygen atoms in total. The summed E-state index contributed by atoms with van der Waals surface area (Å²) < 4.78 is 30.1. The molecule has 0 N–H and O–H groups in total. The van der Waals surface area contributed by atoms with E-state index in [-0.39, 0.29) is 0 Å². The molecule has 9 rings (SSSR count). The zero-order chi connectivity index (χ0) is 49.8. The second kappa shape index (κ2) is 25.1. The molecule has 0 aromatic heterocycles. The lowest BCUT2D eigenvalue weighted by Crippen LogP contribution is -2.22. The van der Waals surface area contributed by atoms with Crippen molar-refractivity contribution < 1.29 is 18.9 Å². The van der Waals surface area contributed by atoms with E-state index in [2.05, 4.69) is 229 Å². The van der Waals surface area contributed by atoms with E-state index in [0.29, 0.717) is 52.1 Å². The van der Waals surface area contributed by atoms with E-state index in [9.17, 15) is 0 Å². The predicted octanol–water partition coefficient (Wildman–Crippen LogP) is 14.6. The molecule has 72 heavy (non-hydrogen) atoms. The van der Waals surface area contributed by atoms with E-state index >= 15 is 0 Å². The Morgan fingerprint density at radius 3 is 0.722 bits per heavy atom.